The van der Waals surface area contributed by atoms with E-state index in [1.807, 2.05) is 0 Å². The van der Waals surface area contributed by atoms with E-state index in [0.717, 1.165) is 6.20 Å². The molecule has 0 aliphatic carbocycles. The van der Waals surface area contributed by atoms with E-state index in [-0.39, 0.29) is 11.5 Å². The summed E-state index contributed by atoms with van der Waals surface area (Å²) in [6, 6.07) is 0. The molecule has 94 valence electrons. The summed E-state index contributed by atoms with van der Waals surface area (Å²) in [5.41, 5.74) is -0.0928. The second kappa shape index (κ2) is 5.48. The van der Waals surface area contributed by atoms with Crippen LogP contribution in [0.1, 0.15) is 10.5 Å². The molecule has 0 aliphatic rings. The highest BCUT2D eigenvalue weighted by molar-refractivity contribution is 5.87. The Morgan fingerprint density at radius 1 is 1.59 bits per heavy atom. The summed E-state index contributed by atoms with van der Waals surface area (Å²) < 4.78 is 29.8. The molecule has 17 heavy (non-hydrogen) atoms. The van der Waals surface area contributed by atoms with E-state index in [2.05, 4.69) is 20.0 Å². The summed E-state index contributed by atoms with van der Waals surface area (Å²) in [5, 5.41) is 10.6. The van der Waals surface area contributed by atoms with Gasteiger partial charge in [0.25, 0.3) is 5.92 Å². The van der Waals surface area contributed by atoms with Crippen LogP contribution in [0.3, 0.4) is 0 Å². The molecule has 0 fully saturated rings. The first-order valence-corrected chi connectivity index (χ1v) is 4.61. The Morgan fingerprint density at radius 2 is 2.29 bits per heavy atom. The summed E-state index contributed by atoms with van der Waals surface area (Å²) in [7, 11) is 1.17. The van der Waals surface area contributed by atoms with E-state index in [4.69, 9.17) is 5.11 Å². The highest BCUT2D eigenvalue weighted by atomic mass is 19.3. The zero-order valence-corrected chi connectivity index (χ0v) is 8.98. The molecule has 0 saturated heterocycles. The molecule has 0 spiro atoms. The van der Waals surface area contributed by atoms with Crippen LogP contribution in [-0.4, -0.2) is 47.2 Å². The molecule has 2 N–H and O–H groups in total. The summed E-state index contributed by atoms with van der Waals surface area (Å²) in [6.07, 6.45) is 2.33. The predicted molar refractivity (Wildman–Crippen MR) is 53.9 cm³/mol. The minimum absolute atomic E-state index is 0.000949. The predicted octanol–water partition coefficient (Wildman–Crippen LogP) is 0.303. The van der Waals surface area contributed by atoms with Gasteiger partial charge >= 0.3 is 5.97 Å². The molecular formula is C9H11F2N3O3. The number of carbonyl (C=O) groups excluding carboxylic acids is 1. The number of hydrogen-bond donors (Lipinski definition) is 2. The Hall–Kier alpha value is -1.83. The van der Waals surface area contributed by atoms with Crippen LogP contribution < -0.4 is 5.32 Å². The van der Waals surface area contributed by atoms with E-state index in [1.54, 1.807) is 0 Å². The Bertz CT molecular complexity index is 401. The smallest absolute Gasteiger partial charge is 0.358 e. The van der Waals surface area contributed by atoms with E-state index in [9.17, 15) is 13.6 Å². The van der Waals surface area contributed by atoms with Crippen molar-refractivity contribution in [3.8, 4) is 0 Å². The topological polar surface area (TPSA) is 84.3 Å². The highest BCUT2D eigenvalue weighted by Crippen LogP contribution is 2.13. The Morgan fingerprint density at radius 3 is 2.88 bits per heavy atom. The number of nitrogens with zero attached hydrogens (tertiary/aromatic N) is 2. The van der Waals surface area contributed by atoms with Crippen molar-refractivity contribution in [3.05, 3.63) is 18.1 Å². The second-order valence-corrected chi connectivity index (χ2v) is 3.15. The van der Waals surface area contributed by atoms with Crippen molar-refractivity contribution in [1.29, 1.82) is 0 Å². The van der Waals surface area contributed by atoms with Gasteiger partial charge in [-0.2, -0.15) is 0 Å². The van der Waals surface area contributed by atoms with E-state index < -0.39 is 25.0 Å². The standard InChI is InChI=1S/C9H11F2N3O3/c1-17-8(16)6-2-12-3-7(14-6)13-4-9(10,11)5-15/h2-3,15H,4-5H2,1H3,(H,13,14). The van der Waals surface area contributed by atoms with Crippen LogP contribution in [0.4, 0.5) is 14.6 Å². The number of hydrogen-bond acceptors (Lipinski definition) is 6. The molecule has 0 saturated carbocycles. The number of nitrogens with one attached hydrogen (secondary N) is 1. The van der Waals surface area contributed by atoms with Gasteiger partial charge in [0.1, 0.15) is 12.4 Å². The molecule has 1 heterocycles. The molecule has 0 amide bonds. The lowest BCUT2D eigenvalue weighted by Crippen LogP contribution is -2.31. The zero-order valence-electron chi connectivity index (χ0n) is 8.98. The maximum Gasteiger partial charge on any atom is 0.358 e. The number of ether oxygens (including phenoxy) is 1. The van der Waals surface area contributed by atoms with Gasteiger partial charge in [-0.1, -0.05) is 0 Å². The molecular weight excluding hydrogens is 236 g/mol. The quantitative estimate of drug-likeness (QED) is 0.728. The first kappa shape index (κ1) is 13.2. The molecule has 0 radical (unpaired) electrons. The zero-order chi connectivity index (χ0) is 12.9. The van der Waals surface area contributed by atoms with Crippen LogP contribution in [0.2, 0.25) is 0 Å². The lowest BCUT2D eigenvalue weighted by Gasteiger charge is -2.14. The van der Waals surface area contributed by atoms with Crippen LogP contribution in [-0.2, 0) is 4.74 Å². The van der Waals surface area contributed by atoms with Gasteiger partial charge in [-0.15, -0.1) is 0 Å². The lowest BCUT2D eigenvalue weighted by atomic mass is 10.3. The summed E-state index contributed by atoms with van der Waals surface area (Å²) in [4.78, 5) is 18.4. The maximum atomic E-state index is 12.7. The van der Waals surface area contributed by atoms with Gasteiger partial charge in [0, 0.05) is 0 Å². The number of esters is 1. The van der Waals surface area contributed by atoms with Crippen LogP contribution in [0.25, 0.3) is 0 Å². The van der Waals surface area contributed by atoms with Crippen LogP contribution in [0.15, 0.2) is 12.4 Å². The SMILES string of the molecule is COC(=O)c1cncc(NCC(F)(F)CO)n1. The largest absolute Gasteiger partial charge is 0.464 e. The summed E-state index contributed by atoms with van der Waals surface area (Å²) in [6.45, 7) is -2.08. The Balaban J connectivity index is 2.70. The number of anilines is 1. The highest BCUT2D eigenvalue weighted by Gasteiger charge is 2.27. The lowest BCUT2D eigenvalue weighted by molar-refractivity contribution is -0.0373. The minimum atomic E-state index is -3.26. The third-order valence-electron chi connectivity index (χ3n) is 1.79. The molecule has 1 aromatic rings. The first-order valence-electron chi connectivity index (χ1n) is 4.61. The number of carbonyl (C=O) groups is 1. The van der Waals surface area contributed by atoms with Crippen LogP contribution >= 0.6 is 0 Å². The normalized spacial score (nSPS) is 11.1. The molecule has 0 unspecified atom stereocenters. The molecule has 0 aromatic carbocycles. The van der Waals surface area contributed by atoms with E-state index >= 15 is 0 Å². The third-order valence-corrected chi connectivity index (χ3v) is 1.79. The van der Waals surface area contributed by atoms with Gasteiger partial charge in [0.15, 0.2) is 5.69 Å². The van der Waals surface area contributed by atoms with Crippen molar-refractivity contribution in [2.75, 3.05) is 25.6 Å². The maximum absolute atomic E-state index is 12.7. The fourth-order valence-corrected chi connectivity index (χ4v) is 0.930. The van der Waals surface area contributed by atoms with Crippen molar-refractivity contribution in [2.24, 2.45) is 0 Å². The number of rotatable bonds is 5. The minimum Gasteiger partial charge on any atom is -0.464 e. The van der Waals surface area contributed by atoms with Gasteiger partial charge in [0.2, 0.25) is 0 Å². The number of aliphatic hydroxyl groups excluding tert-OH is 1. The van der Waals surface area contributed by atoms with Gasteiger partial charge in [0.05, 0.1) is 26.0 Å². The fourth-order valence-electron chi connectivity index (χ4n) is 0.930. The number of alkyl halides is 2. The van der Waals surface area contributed by atoms with E-state index in [1.165, 1.54) is 13.3 Å². The molecule has 0 aliphatic heterocycles. The molecule has 0 bridgehead atoms. The van der Waals surface area contributed by atoms with Gasteiger partial charge < -0.3 is 15.2 Å². The van der Waals surface area contributed by atoms with Gasteiger partial charge in [-0.25, -0.2) is 18.6 Å². The van der Waals surface area contributed by atoms with Crippen molar-refractivity contribution in [2.45, 2.75) is 5.92 Å². The number of aliphatic hydroxyl groups is 1. The number of aromatic nitrogens is 2. The van der Waals surface area contributed by atoms with Crippen LogP contribution in [0.5, 0.6) is 0 Å². The summed E-state index contributed by atoms with van der Waals surface area (Å²) in [5.74, 6) is -3.97. The Labute approximate surface area is 95.6 Å². The monoisotopic (exact) mass is 247 g/mol. The molecule has 6 nitrogen and oxygen atoms in total. The average Bonchev–Trinajstić information content (AvgIpc) is 2.36. The third kappa shape index (κ3) is 3.91. The first-order chi connectivity index (χ1) is 7.98. The fraction of sp³-hybridized carbons (Fsp3) is 0.444. The molecule has 0 atom stereocenters. The van der Waals surface area contributed by atoms with Crippen molar-refractivity contribution in [1.82, 2.24) is 9.97 Å². The van der Waals surface area contributed by atoms with Crippen molar-refractivity contribution in [3.63, 3.8) is 0 Å². The Kier molecular flexibility index (Phi) is 4.27. The van der Waals surface area contributed by atoms with Crippen LogP contribution in [0, 0.1) is 0 Å². The average molecular weight is 247 g/mol. The number of halogens is 2. The number of methoxy groups -OCH3 is 1. The van der Waals surface area contributed by atoms with Crippen molar-refractivity contribution < 1.29 is 23.4 Å². The molecule has 8 heteroatoms. The van der Waals surface area contributed by atoms with Gasteiger partial charge in [-0.3, -0.25) is 4.98 Å². The molecule has 1 aromatic heterocycles. The van der Waals surface area contributed by atoms with Gasteiger partial charge in [-0.05, 0) is 0 Å². The van der Waals surface area contributed by atoms with Crippen molar-refractivity contribution >= 4 is 11.8 Å². The van der Waals surface area contributed by atoms with E-state index in [0.29, 0.717) is 0 Å². The summed E-state index contributed by atoms with van der Waals surface area (Å²) >= 11 is 0. The molecule has 1 rings (SSSR count). The second-order valence-electron chi connectivity index (χ2n) is 3.15.